The van der Waals surface area contributed by atoms with Gasteiger partial charge in [-0.25, -0.2) is 13.2 Å². The number of carbonyl (C=O) groups is 1. The summed E-state index contributed by atoms with van der Waals surface area (Å²) in [4.78, 5) is 18.1. The number of pyridine rings is 1. The van der Waals surface area contributed by atoms with Gasteiger partial charge in [-0.15, -0.1) is 0 Å². The maximum Gasteiger partial charge on any atom is 0.335 e. The molecule has 0 aliphatic carbocycles. The van der Waals surface area contributed by atoms with Crippen molar-refractivity contribution in [3.05, 3.63) is 102 Å². The number of nitrogens with zero attached hydrogens (tertiary/aromatic N) is 3. The Morgan fingerprint density at radius 2 is 1.90 bits per heavy atom. The first-order valence-corrected chi connectivity index (χ1v) is 14.1. The summed E-state index contributed by atoms with van der Waals surface area (Å²) in [5.74, 6) is -0.692. The fraction of sp³-hybridized carbons (Fsp3) is 0.148. The molecule has 3 N–H and O–H groups in total. The summed E-state index contributed by atoms with van der Waals surface area (Å²) in [6.45, 7) is 0. The van der Waals surface area contributed by atoms with E-state index in [2.05, 4.69) is 15.0 Å². The Hall–Kier alpha value is -4.42. The normalized spacial score (nSPS) is 17.1. The molecule has 2 atom stereocenters. The predicted molar refractivity (Wildman–Crippen MR) is 152 cm³/mol. The Morgan fingerprint density at radius 3 is 2.59 bits per heavy atom. The lowest BCUT2D eigenvalue weighted by Gasteiger charge is -2.29. The Kier molecular flexibility index (Phi) is 6.98. The summed E-state index contributed by atoms with van der Waals surface area (Å²) in [6.07, 6.45) is 4.65. The summed E-state index contributed by atoms with van der Waals surface area (Å²) >= 11 is 5.81. The number of carboxylic acids is 1. The molecule has 0 unspecified atom stereocenters. The molecule has 0 bridgehead atoms. The lowest BCUT2D eigenvalue weighted by Crippen LogP contribution is -2.30. The van der Waals surface area contributed by atoms with Gasteiger partial charge in [0.1, 0.15) is 11.8 Å². The summed E-state index contributed by atoms with van der Waals surface area (Å²) in [6, 6.07) is 20.5. The quantitative estimate of drug-likeness (QED) is 0.271. The van der Waals surface area contributed by atoms with Crippen LogP contribution in [-0.2, 0) is 10.0 Å². The highest BCUT2D eigenvalue weighted by Crippen LogP contribution is 2.44. The first kappa shape index (κ1) is 26.2. The third-order valence-corrected chi connectivity index (χ3v) is 7.22. The second kappa shape index (κ2) is 10.4. The molecule has 3 heterocycles. The fourth-order valence-electron chi connectivity index (χ4n) is 4.71. The molecule has 0 amide bonds. The second-order valence-electron chi connectivity index (χ2n) is 8.91. The maximum absolute atomic E-state index is 11.9. The van der Waals surface area contributed by atoms with Crippen molar-refractivity contribution in [1.82, 2.24) is 14.9 Å². The van der Waals surface area contributed by atoms with Crippen LogP contribution in [0.25, 0.3) is 5.69 Å². The number of carboxylic acid groups (broad SMARTS) is 1. The smallest absolute Gasteiger partial charge is 0.335 e. The number of thiocarbonyl (C=S) groups is 1. The zero-order valence-electron chi connectivity index (χ0n) is 21.0. The number of nitrogens with one attached hydrogen (secondary N) is 2. The van der Waals surface area contributed by atoms with Gasteiger partial charge >= 0.3 is 5.97 Å². The molecule has 200 valence electrons. The van der Waals surface area contributed by atoms with Crippen LogP contribution in [0.3, 0.4) is 0 Å². The molecular weight excluding hydrogens is 538 g/mol. The van der Waals surface area contributed by atoms with Crippen LogP contribution < -0.4 is 19.7 Å². The van der Waals surface area contributed by atoms with Crippen molar-refractivity contribution in [2.45, 2.75) is 12.1 Å². The van der Waals surface area contributed by atoms with E-state index in [1.54, 1.807) is 42.6 Å². The van der Waals surface area contributed by atoms with E-state index in [0.29, 0.717) is 27.9 Å². The highest BCUT2D eigenvalue weighted by atomic mass is 32.2. The van der Waals surface area contributed by atoms with Gasteiger partial charge in [-0.1, -0.05) is 12.1 Å². The number of anilines is 2. The number of sulfonamides is 1. The van der Waals surface area contributed by atoms with Gasteiger partial charge in [0.2, 0.25) is 10.0 Å². The molecule has 4 aromatic rings. The molecule has 1 fully saturated rings. The third-order valence-electron chi connectivity index (χ3n) is 6.31. The fourth-order valence-corrected chi connectivity index (χ4v) is 5.62. The van der Waals surface area contributed by atoms with Crippen LogP contribution >= 0.6 is 12.2 Å². The van der Waals surface area contributed by atoms with Crippen molar-refractivity contribution in [3.63, 3.8) is 0 Å². The van der Waals surface area contributed by atoms with Crippen molar-refractivity contribution in [1.29, 1.82) is 0 Å². The van der Waals surface area contributed by atoms with Crippen LogP contribution in [0.1, 0.15) is 33.8 Å². The molecule has 10 nitrogen and oxygen atoms in total. The molecule has 1 saturated heterocycles. The van der Waals surface area contributed by atoms with Gasteiger partial charge in [0.05, 0.1) is 36.4 Å². The number of aromatic carboxylic acids is 1. The molecule has 1 aliphatic heterocycles. The van der Waals surface area contributed by atoms with E-state index in [4.69, 9.17) is 17.0 Å². The van der Waals surface area contributed by atoms with Crippen LogP contribution in [0.2, 0.25) is 0 Å². The SMILES string of the molecule is COc1cc(N2C(=S)N[C@H](c3ccccn3)[C@H]2c2cccn2-c2cccc(C(=O)O)c2)ccc1NS(C)(=O)=O. The average Bonchev–Trinajstić information content (AvgIpc) is 3.53. The maximum atomic E-state index is 11.9. The van der Waals surface area contributed by atoms with Crippen molar-refractivity contribution < 1.29 is 23.1 Å². The summed E-state index contributed by atoms with van der Waals surface area (Å²) in [7, 11) is -2.06. The van der Waals surface area contributed by atoms with Gasteiger partial charge in [-0.2, -0.15) is 0 Å². The van der Waals surface area contributed by atoms with Gasteiger partial charge < -0.3 is 24.6 Å². The molecule has 5 rings (SSSR count). The van der Waals surface area contributed by atoms with Crippen molar-refractivity contribution in [3.8, 4) is 11.4 Å². The number of hydrogen-bond donors (Lipinski definition) is 3. The van der Waals surface area contributed by atoms with Crippen LogP contribution in [0.5, 0.6) is 5.75 Å². The number of methoxy groups -OCH3 is 1. The largest absolute Gasteiger partial charge is 0.494 e. The van der Waals surface area contributed by atoms with Crippen molar-refractivity contribution >= 4 is 44.7 Å². The minimum atomic E-state index is -3.52. The minimum Gasteiger partial charge on any atom is -0.494 e. The first-order valence-electron chi connectivity index (χ1n) is 11.8. The van der Waals surface area contributed by atoms with Crippen LogP contribution in [0.4, 0.5) is 11.4 Å². The lowest BCUT2D eigenvalue weighted by atomic mass is 10.0. The monoisotopic (exact) mass is 563 g/mol. The molecule has 0 radical (unpaired) electrons. The third kappa shape index (κ3) is 5.29. The van der Waals surface area contributed by atoms with Gasteiger partial charge in [0.25, 0.3) is 0 Å². The zero-order valence-corrected chi connectivity index (χ0v) is 22.6. The molecule has 12 heteroatoms. The van der Waals surface area contributed by atoms with Gasteiger partial charge in [0, 0.05) is 35.5 Å². The summed E-state index contributed by atoms with van der Waals surface area (Å²) < 4.78 is 33.6. The Labute approximate surface area is 230 Å². The second-order valence-corrected chi connectivity index (χ2v) is 11.0. The molecule has 39 heavy (non-hydrogen) atoms. The molecule has 0 saturated carbocycles. The molecular formula is C27H25N5O5S2. The zero-order chi connectivity index (χ0) is 27.7. The lowest BCUT2D eigenvalue weighted by molar-refractivity contribution is 0.0697. The van der Waals surface area contributed by atoms with Crippen LogP contribution in [-0.4, -0.2) is 47.5 Å². The van der Waals surface area contributed by atoms with Crippen LogP contribution in [0.15, 0.2) is 85.2 Å². The molecule has 2 aromatic heterocycles. The minimum absolute atomic E-state index is 0.170. The first-order chi connectivity index (χ1) is 18.7. The molecule has 1 aliphatic rings. The highest BCUT2D eigenvalue weighted by molar-refractivity contribution is 7.92. The number of benzene rings is 2. The Morgan fingerprint density at radius 1 is 1.08 bits per heavy atom. The number of hydrogen-bond acceptors (Lipinski definition) is 6. The summed E-state index contributed by atoms with van der Waals surface area (Å²) in [5.41, 5.74) is 3.41. The Bertz CT molecular complexity index is 1660. The number of rotatable bonds is 8. The van der Waals surface area contributed by atoms with Gasteiger partial charge in [-0.05, 0) is 66.8 Å². The van der Waals surface area contributed by atoms with E-state index in [0.717, 1.165) is 17.6 Å². The standard InChI is InChI=1S/C27H25N5O5S2/c1-37-23-16-19(11-12-20(23)30-39(2,35)36)32-25(24(29-27(32)38)21-9-3-4-13-28-21)22-10-6-14-31(22)18-8-5-7-17(15-18)26(33)34/h3-16,24-25,30H,1-2H3,(H,29,38)(H,33,34)/t24-,25-/m1/s1. The van der Waals surface area contributed by atoms with E-state index in [1.807, 2.05) is 52.1 Å². The predicted octanol–water partition coefficient (Wildman–Crippen LogP) is 4.13. The topological polar surface area (TPSA) is 126 Å². The van der Waals surface area contributed by atoms with Crippen LogP contribution in [0, 0.1) is 0 Å². The molecule has 2 aromatic carbocycles. The van der Waals surface area contributed by atoms with Gasteiger partial charge in [0.15, 0.2) is 5.11 Å². The van der Waals surface area contributed by atoms with E-state index in [9.17, 15) is 18.3 Å². The van der Waals surface area contributed by atoms with Crippen molar-refractivity contribution in [2.24, 2.45) is 0 Å². The van der Waals surface area contributed by atoms with E-state index in [1.165, 1.54) is 7.11 Å². The van der Waals surface area contributed by atoms with Gasteiger partial charge in [-0.3, -0.25) is 9.71 Å². The van der Waals surface area contributed by atoms with E-state index in [-0.39, 0.29) is 11.6 Å². The molecule has 0 spiro atoms. The van der Waals surface area contributed by atoms with Crippen molar-refractivity contribution in [2.75, 3.05) is 23.0 Å². The Balaban J connectivity index is 1.65. The average molecular weight is 564 g/mol. The summed E-state index contributed by atoms with van der Waals surface area (Å²) in [5, 5.41) is 13.4. The number of ether oxygens (including phenoxy) is 1. The van der Waals surface area contributed by atoms with E-state index < -0.39 is 22.0 Å². The van der Waals surface area contributed by atoms with E-state index >= 15 is 0 Å². The number of aromatic nitrogens is 2. The highest BCUT2D eigenvalue weighted by Gasteiger charge is 2.42.